The highest BCUT2D eigenvalue weighted by Gasteiger charge is 2.32. The molecule has 0 spiro atoms. The van der Waals surface area contributed by atoms with Crippen molar-refractivity contribution in [2.45, 2.75) is 25.6 Å². The van der Waals surface area contributed by atoms with E-state index in [0.29, 0.717) is 24.8 Å². The topological polar surface area (TPSA) is 108 Å². The largest absolute Gasteiger partial charge is 0.466 e. The molecular formula is C17H24F3IN6O2. The quantitative estimate of drug-likeness (QED) is 0.181. The number of aromatic nitrogens is 2. The number of hydrogen-bond acceptors (Lipinski definition) is 6. The van der Waals surface area contributed by atoms with Crippen molar-refractivity contribution >= 4 is 35.9 Å². The van der Waals surface area contributed by atoms with Gasteiger partial charge in [-0.15, -0.1) is 24.0 Å². The maximum atomic E-state index is 12.6. The molecule has 1 atom stereocenters. The van der Waals surface area contributed by atoms with Gasteiger partial charge in [0.2, 0.25) is 5.95 Å². The molecule has 0 bridgehead atoms. The standard InChI is InChI=1S/C17H23F3N6O2.HI/c1-3-21-14(25-11-16(2,27)13-5-4-10-28-13)23-8-9-24-15-22-7-6-12(26-15)17(18,19)20;/h4-7,10,27H,3,8-9,11H2,1-2H3,(H2,21,23,25)(H,22,24,26);1H. The Morgan fingerprint density at radius 1 is 1.24 bits per heavy atom. The van der Waals surface area contributed by atoms with E-state index in [9.17, 15) is 18.3 Å². The van der Waals surface area contributed by atoms with Gasteiger partial charge in [-0.05, 0) is 32.0 Å². The Labute approximate surface area is 183 Å². The Kier molecular flexibility index (Phi) is 9.62. The summed E-state index contributed by atoms with van der Waals surface area (Å²) >= 11 is 0. The predicted molar refractivity (Wildman–Crippen MR) is 113 cm³/mol. The number of rotatable bonds is 8. The summed E-state index contributed by atoms with van der Waals surface area (Å²) in [4.78, 5) is 11.5. The first-order valence-corrected chi connectivity index (χ1v) is 8.65. The Morgan fingerprint density at radius 2 is 2.00 bits per heavy atom. The molecule has 0 amide bonds. The van der Waals surface area contributed by atoms with Crippen LogP contribution >= 0.6 is 24.0 Å². The summed E-state index contributed by atoms with van der Waals surface area (Å²) in [5, 5.41) is 19.2. The summed E-state index contributed by atoms with van der Waals surface area (Å²) in [7, 11) is 0. The smallest absolute Gasteiger partial charge is 0.433 e. The number of nitrogens with one attached hydrogen (secondary N) is 3. The minimum atomic E-state index is -4.52. The van der Waals surface area contributed by atoms with Gasteiger partial charge in [0.15, 0.2) is 5.96 Å². The van der Waals surface area contributed by atoms with Crippen molar-refractivity contribution in [3.8, 4) is 0 Å². The molecule has 0 aromatic carbocycles. The second-order valence-electron chi connectivity index (χ2n) is 6.06. The number of halogens is 4. The fraction of sp³-hybridized carbons (Fsp3) is 0.471. The highest BCUT2D eigenvalue weighted by atomic mass is 127. The molecule has 0 radical (unpaired) electrons. The number of aliphatic imine (C=N–C) groups is 1. The first-order chi connectivity index (χ1) is 13.2. The number of alkyl halides is 3. The normalized spacial score (nSPS) is 13.9. The lowest BCUT2D eigenvalue weighted by molar-refractivity contribution is -0.141. The fourth-order valence-electron chi connectivity index (χ4n) is 2.19. The zero-order chi connectivity index (χ0) is 20.6. The lowest BCUT2D eigenvalue weighted by atomic mass is 10.0. The Balaban J connectivity index is 0.00000420. The predicted octanol–water partition coefficient (Wildman–Crippen LogP) is 2.58. The Morgan fingerprint density at radius 3 is 2.62 bits per heavy atom. The molecule has 2 heterocycles. The van der Waals surface area contributed by atoms with E-state index in [1.54, 1.807) is 19.1 Å². The summed E-state index contributed by atoms with van der Waals surface area (Å²) in [5.74, 6) is 0.732. The first kappa shape index (κ1) is 24.9. The van der Waals surface area contributed by atoms with Crippen molar-refractivity contribution < 1.29 is 22.7 Å². The van der Waals surface area contributed by atoms with E-state index in [2.05, 4.69) is 30.9 Å². The first-order valence-electron chi connectivity index (χ1n) is 8.65. The average Bonchev–Trinajstić information content (AvgIpc) is 3.18. The number of anilines is 1. The molecule has 1 unspecified atom stereocenters. The van der Waals surface area contributed by atoms with Gasteiger partial charge in [-0.25, -0.2) is 15.0 Å². The molecule has 0 aliphatic rings. The van der Waals surface area contributed by atoms with Gasteiger partial charge < -0.3 is 25.5 Å². The van der Waals surface area contributed by atoms with E-state index >= 15 is 0 Å². The molecule has 8 nitrogen and oxygen atoms in total. The van der Waals surface area contributed by atoms with Crippen LogP contribution in [0.2, 0.25) is 0 Å². The molecule has 2 rings (SSSR count). The zero-order valence-corrected chi connectivity index (χ0v) is 18.3. The Bertz CT molecular complexity index is 769. The van der Waals surface area contributed by atoms with Gasteiger partial charge >= 0.3 is 6.18 Å². The zero-order valence-electron chi connectivity index (χ0n) is 16.0. The highest BCUT2D eigenvalue weighted by Crippen LogP contribution is 2.27. The molecule has 0 aliphatic carbocycles. The van der Waals surface area contributed by atoms with Crippen LogP contribution in [-0.2, 0) is 11.8 Å². The fourth-order valence-corrected chi connectivity index (χ4v) is 2.19. The number of guanidine groups is 1. The molecule has 0 saturated carbocycles. The van der Waals surface area contributed by atoms with E-state index in [4.69, 9.17) is 4.42 Å². The van der Waals surface area contributed by atoms with Crippen molar-refractivity contribution in [3.63, 3.8) is 0 Å². The van der Waals surface area contributed by atoms with Gasteiger partial charge in [0.05, 0.1) is 12.8 Å². The third-order valence-corrected chi connectivity index (χ3v) is 3.59. The van der Waals surface area contributed by atoms with Crippen molar-refractivity contribution in [1.29, 1.82) is 0 Å². The summed E-state index contributed by atoms with van der Waals surface area (Å²) in [5.41, 5.74) is -2.27. The molecule has 12 heteroatoms. The van der Waals surface area contributed by atoms with Crippen LogP contribution in [0.1, 0.15) is 25.3 Å². The Hall–Kier alpha value is -2.09. The molecule has 0 fully saturated rings. The van der Waals surface area contributed by atoms with Gasteiger partial charge in [0.1, 0.15) is 17.1 Å². The number of aliphatic hydroxyl groups is 1. The molecule has 2 aromatic rings. The van der Waals surface area contributed by atoms with Crippen molar-refractivity contribution in [3.05, 3.63) is 42.1 Å². The van der Waals surface area contributed by atoms with Crippen molar-refractivity contribution in [2.75, 3.05) is 31.5 Å². The number of hydrogen-bond donors (Lipinski definition) is 4. The second-order valence-corrected chi connectivity index (χ2v) is 6.06. The summed E-state index contributed by atoms with van der Waals surface area (Å²) in [6, 6.07) is 4.15. The van der Waals surface area contributed by atoms with Crippen LogP contribution in [0.4, 0.5) is 19.1 Å². The molecule has 0 aliphatic heterocycles. The summed E-state index contributed by atoms with van der Waals surface area (Å²) < 4.78 is 43.2. The van der Waals surface area contributed by atoms with Crippen LogP contribution in [0, 0.1) is 0 Å². The van der Waals surface area contributed by atoms with Crippen molar-refractivity contribution in [2.24, 2.45) is 4.99 Å². The molecule has 162 valence electrons. The van der Waals surface area contributed by atoms with E-state index in [1.807, 2.05) is 6.92 Å². The van der Waals surface area contributed by atoms with Crippen LogP contribution < -0.4 is 16.0 Å². The van der Waals surface area contributed by atoms with Crippen molar-refractivity contribution in [1.82, 2.24) is 20.6 Å². The SMILES string of the molecule is CCNC(=NCC(C)(O)c1ccco1)NCCNc1nccc(C(F)(F)F)n1.I. The number of furan rings is 1. The van der Waals surface area contributed by atoms with Crippen LogP contribution in [0.15, 0.2) is 40.1 Å². The summed E-state index contributed by atoms with van der Waals surface area (Å²) in [6.07, 6.45) is -2.00. The van der Waals surface area contributed by atoms with Crippen LogP contribution in [-0.4, -0.2) is 47.2 Å². The molecular weight excluding hydrogens is 504 g/mol. The lowest BCUT2D eigenvalue weighted by Gasteiger charge is -2.19. The van der Waals surface area contributed by atoms with Gasteiger partial charge in [-0.2, -0.15) is 13.2 Å². The maximum Gasteiger partial charge on any atom is 0.433 e. The van der Waals surface area contributed by atoms with Gasteiger partial charge in [0, 0.05) is 25.8 Å². The minimum Gasteiger partial charge on any atom is -0.466 e. The second kappa shape index (κ2) is 11.2. The van der Waals surface area contributed by atoms with E-state index in [0.717, 1.165) is 12.3 Å². The molecule has 0 saturated heterocycles. The maximum absolute atomic E-state index is 12.6. The third kappa shape index (κ3) is 8.04. The molecule has 29 heavy (non-hydrogen) atoms. The average molecular weight is 528 g/mol. The van der Waals surface area contributed by atoms with Gasteiger partial charge in [-0.1, -0.05) is 0 Å². The van der Waals surface area contributed by atoms with Gasteiger partial charge in [-0.3, -0.25) is 0 Å². The van der Waals surface area contributed by atoms with E-state index in [-0.39, 0.29) is 43.0 Å². The monoisotopic (exact) mass is 528 g/mol. The van der Waals surface area contributed by atoms with Crippen LogP contribution in [0.5, 0.6) is 0 Å². The van der Waals surface area contributed by atoms with Crippen LogP contribution in [0.25, 0.3) is 0 Å². The van der Waals surface area contributed by atoms with Crippen LogP contribution in [0.3, 0.4) is 0 Å². The lowest BCUT2D eigenvalue weighted by Crippen LogP contribution is -2.40. The minimum absolute atomic E-state index is 0. The number of nitrogens with zero attached hydrogens (tertiary/aromatic N) is 3. The van der Waals surface area contributed by atoms with Gasteiger partial charge in [0.25, 0.3) is 0 Å². The summed E-state index contributed by atoms with van der Waals surface area (Å²) in [6.45, 7) is 4.73. The highest BCUT2D eigenvalue weighted by molar-refractivity contribution is 14.0. The molecule has 2 aromatic heterocycles. The van der Waals surface area contributed by atoms with E-state index < -0.39 is 17.5 Å². The third-order valence-electron chi connectivity index (χ3n) is 3.59. The molecule has 4 N–H and O–H groups in total. The van der Waals surface area contributed by atoms with E-state index in [1.165, 1.54) is 6.26 Å².